The van der Waals surface area contributed by atoms with Crippen molar-refractivity contribution in [2.75, 3.05) is 39.8 Å². The Kier molecular flexibility index (Phi) is 4.55. The lowest BCUT2D eigenvalue weighted by molar-refractivity contribution is -0.131. The van der Waals surface area contributed by atoms with Crippen molar-refractivity contribution in [1.29, 1.82) is 0 Å². The third-order valence-corrected chi connectivity index (χ3v) is 2.62. The highest BCUT2D eigenvalue weighted by Crippen LogP contribution is 2.03. The van der Waals surface area contributed by atoms with Gasteiger partial charge in [-0.3, -0.25) is 9.59 Å². The number of hydrogen-bond acceptors (Lipinski definition) is 3. The number of amides is 2. The maximum absolute atomic E-state index is 11.6. The van der Waals surface area contributed by atoms with Crippen LogP contribution in [0, 0.1) is 0 Å². The zero-order valence-electron chi connectivity index (χ0n) is 9.45. The summed E-state index contributed by atoms with van der Waals surface area (Å²) in [6, 6.07) is 0. The van der Waals surface area contributed by atoms with Gasteiger partial charge in [-0.2, -0.15) is 0 Å². The van der Waals surface area contributed by atoms with Crippen LogP contribution >= 0.6 is 0 Å². The van der Waals surface area contributed by atoms with Crippen LogP contribution in [0.3, 0.4) is 0 Å². The second kappa shape index (κ2) is 5.70. The summed E-state index contributed by atoms with van der Waals surface area (Å²) in [5.41, 5.74) is 0. The van der Waals surface area contributed by atoms with Crippen LogP contribution < -0.4 is 5.32 Å². The molecule has 0 unspecified atom stereocenters. The fraction of sp³-hybridized carbons (Fsp3) is 0.800. The van der Waals surface area contributed by atoms with Gasteiger partial charge < -0.3 is 15.1 Å². The lowest BCUT2D eigenvalue weighted by Crippen LogP contribution is -2.40. The topological polar surface area (TPSA) is 52.7 Å². The minimum atomic E-state index is 0.0953. The zero-order chi connectivity index (χ0) is 11.3. The first kappa shape index (κ1) is 12.0. The summed E-state index contributed by atoms with van der Waals surface area (Å²) in [5.74, 6) is 0.209. The van der Waals surface area contributed by atoms with Crippen molar-refractivity contribution in [1.82, 2.24) is 15.1 Å². The van der Waals surface area contributed by atoms with Crippen LogP contribution in [0.15, 0.2) is 0 Å². The molecule has 5 nitrogen and oxygen atoms in total. The largest absolute Gasteiger partial charge is 0.341 e. The van der Waals surface area contributed by atoms with Crippen LogP contribution in [0.25, 0.3) is 0 Å². The van der Waals surface area contributed by atoms with E-state index in [1.807, 2.05) is 4.90 Å². The zero-order valence-corrected chi connectivity index (χ0v) is 9.45. The fourth-order valence-electron chi connectivity index (χ4n) is 1.74. The van der Waals surface area contributed by atoms with Gasteiger partial charge in [0.05, 0.1) is 6.54 Å². The predicted octanol–water partition coefficient (Wildman–Crippen LogP) is -0.713. The van der Waals surface area contributed by atoms with E-state index in [0.717, 1.165) is 19.5 Å². The molecule has 15 heavy (non-hydrogen) atoms. The van der Waals surface area contributed by atoms with E-state index in [4.69, 9.17) is 0 Å². The van der Waals surface area contributed by atoms with E-state index in [2.05, 4.69) is 5.32 Å². The van der Waals surface area contributed by atoms with Crippen molar-refractivity contribution in [3.63, 3.8) is 0 Å². The summed E-state index contributed by atoms with van der Waals surface area (Å²) in [7, 11) is 1.76. The van der Waals surface area contributed by atoms with Crippen LogP contribution in [-0.2, 0) is 9.59 Å². The average Bonchev–Trinajstić information content (AvgIpc) is 2.43. The van der Waals surface area contributed by atoms with E-state index in [1.165, 1.54) is 0 Å². The summed E-state index contributed by atoms with van der Waals surface area (Å²) >= 11 is 0. The summed E-state index contributed by atoms with van der Waals surface area (Å²) < 4.78 is 0. The Morgan fingerprint density at radius 1 is 1.13 bits per heavy atom. The summed E-state index contributed by atoms with van der Waals surface area (Å²) in [5, 5.41) is 2.85. The highest BCUT2D eigenvalue weighted by molar-refractivity contribution is 5.78. The number of likely N-dealkylation sites (N-methyl/N-ethyl adjacent to an activating group) is 1. The van der Waals surface area contributed by atoms with E-state index >= 15 is 0 Å². The summed E-state index contributed by atoms with van der Waals surface area (Å²) in [4.78, 5) is 26.4. The normalized spacial score (nSPS) is 17.5. The Morgan fingerprint density at radius 2 is 1.73 bits per heavy atom. The van der Waals surface area contributed by atoms with Crippen molar-refractivity contribution in [2.45, 2.75) is 13.3 Å². The smallest absolute Gasteiger partial charge is 0.236 e. The van der Waals surface area contributed by atoms with E-state index < -0.39 is 0 Å². The van der Waals surface area contributed by atoms with Gasteiger partial charge in [-0.1, -0.05) is 0 Å². The lowest BCUT2D eigenvalue weighted by Gasteiger charge is -2.21. The van der Waals surface area contributed by atoms with Crippen molar-refractivity contribution in [3.05, 3.63) is 0 Å². The molecule has 1 rings (SSSR count). The van der Waals surface area contributed by atoms with Crippen LogP contribution in [0.2, 0.25) is 0 Å². The molecule has 0 atom stereocenters. The van der Waals surface area contributed by atoms with Gasteiger partial charge in [0.25, 0.3) is 0 Å². The highest BCUT2D eigenvalue weighted by atomic mass is 16.2. The highest BCUT2D eigenvalue weighted by Gasteiger charge is 2.19. The number of hydrogen-bond donors (Lipinski definition) is 1. The maximum Gasteiger partial charge on any atom is 0.236 e. The molecule has 86 valence electrons. The van der Waals surface area contributed by atoms with Crippen LogP contribution in [0.1, 0.15) is 13.3 Å². The molecule has 0 radical (unpaired) electrons. The molecular formula is C10H19N3O2. The Hall–Kier alpha value is -1.10. The minimum absolute atomic E-state index is 0.0953. The third-order valence-electron chi connectivity index (χ3n) is 2.62. The quantitative estimate of drug-likeness (QED) is 0.659. The standard InChI is InChI=1S/C10H19N3O2/c1-9(14)12-4-3-5-13(7-6-12)10(15)8-11-2/h11H,3-8H2,1-2H3. The molecule has 0 bridgehead atoms. The van der Waals surface area contributed by atoms with E-state index in [-0.39, 0.29) is 11.8 Å². The lowest BCUT2D eigenvalue weighted by atomic mass is 10.3. The molecule has 1 aliphatic heterocycles. The molecule has 1 aliphatic rings. The molecule has 0 aliphatic carbocycles. The first-order valence-electron chi connectivity index (χ1n) is 5.33. The molecule has 0 saturated carbocycles. The number of carbonyl (C=O) groups excluding carboxylic acids is 2. The summed E-state index contributed by atoms with van der Waals surface area (Å²) in [6.07, 6.45) is 0.870. The molecule has 0 aromatic carbocycles. The van der Waals surface area contributed by atoms with Crippen LogP contribution in [-0.4, -0.2) is 61.4 Å². The van der Waals surface area contributed by atoms with Gasteiger partial charge in [-0.05, 0) is 13.5 Å². The third kappa shape index (κ3) is 3.51. The number of carbonyl (C=O) groups is 2. The molecule has 1 N–H and O–H groups in total. The Morgan fingerprint density at radius 3 is 2.33 bits per heavy atom. The van der Waals surface area contributed by atoms with Gasteiger partial charge in [0, 0.05) is 33.1 Å². The van der Waals surface area contributed by atoms with Gasteiger partial charge in [0.15, 0.2) is 0 Å². The second-order valence-electron chi connectivity index (χ2n) is 3.77. The van der Waals surface area contributed by atoms with Crippen LogP contribution in [0.5, 0.6) is 0 Å². The van der Waals surface area contributed by atoms with Crippen molar-refractivity contribution in [2.24, 2.45) is 0 Å². The Balaban J connectivity index is 2.45. The molecular weight excluding hydrogens is 194 g/mol. The molecule has 1 saturated heterocycles. The van der Waals surface area contributed by atoms with Gasteiger partial charge in [0.1, 0.15) is 0 Å². The van der Waals surface area contributed by atoms with Gasteiger partial charge in [-0.15, -0.1) is 0 Å². The first-order chi connectivity index (χ1) is 7.15. The molecule has 0 spiro atoms. The average molecular weight is 213 g/mol. The van der Waals surface area contributed by atoms with Gasteiger partial charge in [0.2, 0.25) is 11.8 Å². The second-order valence-corrected chi connectivity index (χ2v) is 3.77. The van der Waals surface area contributed by atoms with Gasteiger partial charge >= 0.3 is 0 Å². The van der Waals surface area contributed by atoms with E-state index in [9.17, 15) is 9.59 Å². The Labute approximate surface area is 90.4 Å². The van der Waals surface area contributed by atoms with Crippen molar-refractivity contribution < 1.29 is 9.59 Å². The predicted molar refractivity (Wildman–Crippen MR) is 57.4 cm³/mol. The molecule has 0 aromatic heterocycles. The fourth-order valence-corrected chi connectivity index (χ4v) is 1.74. The maximum atomic E-state index is 11.6. The molecule has 2 amide bonds. The minimum Gasteiger partial charge on any atom is -0.341 e. The Bertz CT molecular complexity index is 243. The summed E-state index contributed by atoms with van der Waals surface area (Å²) in [6.45, 7) is 4.78. The van der Waals surface area contributed by atoms with Crippen molar-refractivity contribution >= 4 is 11.8 Å². The monoisotopic (exact) mass is 213 g/mol. The van der Waals surface area contributed by atoms with Crippen LogP contribution in [0.4, 0.5) is 0 Å². The SMILES string of the molecule is CNCC(=O)N1CCCN(C(C)=O)CC1. The van der Waals surface area contributed by atoms with Gasteiger partial charge in [-0.25, -0.2) is 0 Å². The van der Waals surface area contributed by atoms with Crippen molar-refractivity contribution in [3.8, 4) is 0 Å². The molecule has 0 aromatic rings. The van der Waals surface area contributed by atoms with E-state index in [0.29, 0.717) is 19.6 Å². The number of nitrogens with zero attached hydrogens (tertiary/aromatic N) is 2. The van der Waals surface area contributed by atoms with E-state index in [1.54, 1.807) is 18.9 Å². The molecule has 1 fully saturated rings. The number of rotatable bonds is 2. The molecule has 5 heteroatoms. The first-order valence-corrected chi connectivity index (χ1v) is 5.33. The molecule has 1 heterocycles. The number of nitrogens with one attached hydrogen (secondary N) is 1.